The lowest BCUT2D eigenvalue weighted by atomic mass is 10.1. The Kier molecular flexibility index (Phi) is 14.6. The molecule has 0 spiro atoms. The van der Waals surface area contributed by atoms with Gasteiger partial charge in [-0.15, -0.1) is 0 Å². The van der Waals surface area contributed by atoms with Gasteiger partial charge in [0.1, 0.15) is 0 Å². The summed E-state index contributed by atoms with van der Waals surface area (Å²) in [5.41, 5.74) is 10.4. The second-order valence-electron chi connectivity index (χ2n) is 12.5. The van der Waals surface area contributed by atoms with Gasteiger partial charge in [-0.05, 0) is 41.3 Å². The number of nitrogens with two attached hydrogens (primary N) is 1. The van der Waals surface area contributed by atoms with Crippen LogP contribution in [0.3, 0.4) is 0 Å². The van der Waals surface area contributed by atoms with Crippen molar-refractivity contribution in [1.82, 2.24) is 35.1 Å². The minimum Gasteiger partial charge on any atom is -0.466 e. The topological polar surface area (TPSA) is 146 Å². The molecule has 0 bridgehead atoms. The molecular formula is C38H50N10O3. The van der Waals surface area contributed by atoms with Gasteiger partial charge in [-0.2, -0.15) is 0 Å². The monoisotopic (exact) mass is 694 g/mol. The average Bonchev–Trinajstić information content (AvgIpc) is 3.19. The van der Waals surface area contributed by atoms with Crippen LogP contribution in [-0.4, -0.2) is 101 Å². The van der Waals surface area contributed by atoms with Crippen LogP contribution >= 0.6 is 0 Å². The predicted octanol–water partition coefficient (Wildman–Crippen LogP) is 3.02. The quantitative estimate of drug-likeness (QED) is 0.199. The maximum absolute atomic E-state index is 11.8. The van der Waals surface area contributed by atoms with Gasteiger partial charge in [0.05, 0.1) is 13.0 Å². The summed E-state index contributed by atoms with van der Waals surface area (Å²) in [5, 5.41) is 2.84. The van der Waals surface area contributed by atoms with E-state index in [1.807, 2.05) is 24.3 Å². The highest BCUT2D eigenvalue weighted by Crippen LogP contribution is 2.15. The molecule has 2 aliphatic rings. The number of nitrogens with one attached hydrogen (secondary N) is 1. The second-order valence-corrected chi connectivity index (χ2v) is 12.5. The summed E-state index contributed by atoms with van der Waals surface area (Å²) >= 11 is 0. The summed E-state index contributed by atoms with van der Waals surface area (Å²) in [5.74, 6) is 1.15. The number of amides is 1. The lowest BCUT2D eigenvalue weighted by Crippen LogP contribution is -2.46. The summed E-state index contributed by atoms with van der Waals surface area (Å²) in [7, 11) is 0. The first-order valence-corrected chi connectivity index (χ1v) is 17.8. The largest absolute Gasteiger partial charge is 0.466 e. The molecule has 2 fully saturated rings. The molecule has 0 aliphatic carbocycles. The van der Waals surface area contributed by atoms with Gasteiger partial charge in [-0.25, -0.2) is 19.9 Å². The van der Waals surface area contributed by atoms with E-state index in [1.54, 1.807) is 31.7 Å². The summed E-state index contributed by atoms with van der Waals surface area (Å²) in [6, 6.07) is 20.5. The molecule has 0 atom stereocenters. The molecule has 13 nitrogen and oxygen atoms in total. The Labute approximate surface area is 300 Å². The van der Waals surface area contributed by atoms with Gasteiger partial charge < -0.3 is 25.6 Å². The maximum Gasteiger partial charge on any atom is 0.306 e. The van der Waals surface area contributed by atoms with Crippen molar-refractivity contribution < 1.29 is 14.3 Å². The number of piperazine rings is 2. The molecule has 2 aromatic heterocycles. The second kappa shape index (κ2) is 20.0. The third kappa shape index (κ3) is 12.4. The van der Waals surface area contributed by atoms with E-state index in [4.69, 9.17) is 10.5 Å². The van der Waals surface area contributed by atoms with Crippen molar-refractivity contribution in [3.05, 3.63) is 108 Å². The van der Waals surface area contributed by atoms with E-state index in [0.717, 1.165) is 82.9 Å². The zero-order valence-corrected chi connectivity index (χ0v) is 29.6. The summed E-state index contributed by atoms with van der Waals surface area (Å²) in [6.45, 7) is 12.8. The van der Waals surface area contributed by atoms with E-state index in [0.29, 0.717) is 19.7 Å². The third-order valence-corrected chi connectivity index (χ3v) is 8.86. The van der Waals surface area contributed by atoms with Crippen molar-refractivity contribution in [2.75, 3.05) is 68.8 Å². The van der Waals surface area contributed by atoms with Gasteiger partial charge in [-0.1, -0.05) is 48.5 Å². The fourth-order valence-corrected chi connectivity index (χ4v) is 5.92. The Hall–Kier alpha value is -4.98. The SMILES string of the molecule is CCOC(=O)CCC(=O)NCc1ccc(CN2CCN(c3ncccn3)CC2)cc1.NCc1ccc(CN2CCN(c3ncccn3)CC2)cc1. The summed E-state index contributed by atoms with van der Waals surface area (Å²) < 4.78 is 4.83. The number of carbonyl (C=O) groups is 2. The van der Waals surface area contributed by atoms with Gasteiger partial charge in [-0.3, -0.25) is 19.4 Å². The Balaban J connectivity index is 0.000000210. The molecule has 6 rings (SSSR count). The zero-order valence-electron chi connectivity index (χ0n) is 29.6. The van der Waals surface area contributed by atoms with Crippen LogP contribution in [0, 0.1) is 0 Å². The number of hydrogen-bond acceptors (Lipinski definition) is 12. The van der Waals surface area contributed by atoms with Crippen molar-refractivity contribution in [3.8, 4) is 0 Å². The van der Waals surface area contributed by atoms with Crippen LogP contribution in [0.15, 0.2) is 85.5 Å². The van der Waals surface area contributed by atoms with Crippen LogP contribution in [-0.2, 0) is 40.5 Å². The van der Waals surface area contributed by atoms with E-state index in [2.05, 4.69) is 81.3 Å². The van der Waals surface area contributed by atoms with Crippen LogP contribution < -0.4 is 20.9 Å². The molecule has 0 saturated carbocycles. The first-order valence-electron chi connectivity index (χ1n) is 17.8. The standard InChI is InChI=1S/C22H29N5O3.C16H21N5/c1-2-30-21(29)9-8-20(28)25-16-18-4-6-19(7-5-18)17-26-12-14-27(15-13-26)22-23-10-3-11-24-22;17-12-14-2-4-15(5-3-14)13-20-8-10-21(11-9-20)16-18-6-1-7-19-16/h3-7,10-11H,2,8-9,12-17H2,1H3,(H,25,28);1-7H,8-13,17H2. The molecular weight excluding hydrogens is 644 g/mol. The molecule has 3 N–H and O–H groups in total. The number of hydrogen-bond donors (Lipinski definition) is 2. The van der Waals surface area contributed by atoms with Crippen LogP contribution in [0.2, 0.25) is 0 Å². The van der Waals surface area contributed by atoms with Crippen molar-refractivity contribution >= 4 is 23.8 Å². The molecule has 51 heavy (non-hydrogen) atoms. The molecule has 0 unspecified atom stereocenters. The molecule has 270 valence electrons. The van der Waals surface area contributed by atoms with Gasteiger partial charge >= 0.3 is 5.97 Å². The number of aromatic nitrogens is 4. The van der Waals surface area contributed by atoms with E-state index in [1.165, 1.54) is 16.7 Å². The number of esters is 1. The fourth-order valence-electron chi connectivity index (χ4n) is 5.92. The van der Waals surface area contributed by atoms with Crippen LogP contribution in [0.25, 0.3) is 0 Å². The fraction of sp³-hybridized carbons (Fsp3) is 0.421. The van der Waals surface area contributed by atoms with Gasteiger partial charge in [0.2, 0.25) is 17.8 Å². The summed E-state index contributed by atoms with van der Waals surface area (Å²) in [4.78, 5) is 49.8. The number of nitrogens with zero attached hydrogens (tertiary/aromatic N) is 8. The summed E-state index contributed by atoms with van der Waals surface area (Å²) in [6.07, 6.45) is 7.42. The molecule has 2 aromatic carbocycles. The lowest BCUT2D eigenvalue weighted by molar-refractivity contribution is -0.144. The first-order chi connectivity index (χ1) is 25.0. The Morgan fingerprint density at radius 2 is 1.08 bits per heavy atom. The van der Waals surface area contributed by atoms with Gasteiger partial charge in [0.15, 0.2) is 0 Å². The zero-order chi connectivity index (χ0) is 35.7. The smallest absolute Gasteiger partial charge is 0.306 e. The van der Waals surface area contributed by atoms with Crippen molar-refractivity contribution in [2.24, 2.45) is 5.73 Å². The minimum atomic E-state index is -0.339. The molecule has 4 heterocycles. The first kappa shape index (κ1) is 37.3. The average molecular weight is 695 g/mol. The molecule has 13 heteroatoms. The Morgan fingerprint density at radius 3 is 1.51 bits per heavy atom. The van der Waals surface area contributed by atoms with Crippen molar-refractivity contribution in [1.29, 1.82) is 0 Å². The maximum atomic E-state index is 11.8. The van der Waals surface area contributed by atoms with Gasteiger partial charge in [0, 0.05) is 110 Å². The number of anilines is 2. The van der Waals surface area contributed by atoms with Gasteiger partial charge in [0.25, 0.3) is 0 Å². The normalized spacial score (nSPS) is 15.1. The molecule has 4 aromatic rings. The highest BCUT2D eigenvalue weighted by Gasteiger charge is 2.20. The molecule has 2 saturated heterocycles. The van der Waals surface area contributed by atoms with Crippen molar-refractivity contribution in [3.63, 3.8) is 0 Å². The van der Waals surface area contributed by atoms with Crippen LogP contribution in [0.5, 0.6) is 0 Å². The lowest BCUT2D eigenvalue weighted by Gasteiger charge is -2.34. The van der Waals surface area contributed by atoms with E-state index in [-0.39, 0.29) is 24.7 Å². The van der Waals surface area contributed by atoms with Crippen LogP contribution in [0.1, 0.15) is 42.0 Å². The number of ether oxygens (including phenoxy) is 1. The highest BCUT2D eigenvalue weighted by atomic mass is 16.5. The number of rotatable bonds is 13. The predicted molar refractivity (Wildman–Crippen MR) is 198 cm³/mol. The van der Waals surface area contributed by atoms with E-state index in [9.17, 15) is 9.59 Å². The highest BCUT2D eigenvalue weighted by molar-refractivity contribution is 5.81. The number of benzene rings is 2. The Morgan fingerprint density at radius 1 is 0.647 bits per heavy atom. The van der Waals surface area contributed by atoms with E-state index >= 15 is 0 Å². The van der Waals surface area contributed by atoms with Crippen molar-refractivity contribution in [2.45, 2.75) is 45.9 Å². The third-order valence-electron chi connectivity index (χ3n) is 8.86. The number of carbonyl (C=O) groups excluding carboxylic acids is 2. The molecule has 1 amide bonds. The molecule has 2 aliphatic heterocycles. The minimum absolute atomic E-state index is 0.113. The Bertz CT molecular complexity index is 1600. The van der Waals surface area contributed by atoms with Crippen LogP contribution in [0.4, 0.5) is 11.9 Å². The molecule has 0 radical (unpaired) electrons. The van der Waals surface area contributed by atoms with E-state index < -0.39 is 0 Å².